The second kappa shape index (κ2) is 6.07. The zero-order valence-corrected chi connectivity index (χ0v) is 12.3. The maximum Gasteiger partial charge on any atom is 0.245 e. The summed E-state index contributed by atoms with van der Waals surface area (Å²) in [4.78, 5) is 26.2. The van der Waals surface area contributed by atoms with Crippen molar-refractivity contribution in [3.05, 3.63) is 18.0 Å². The van der Waals surface area contributed by atoms with Crippen molar-refractivity contribution < 1.29 is 9.59 Å². The Labute approximate surface area is 119 Å². The number of aryl methyl sites for hydroxylation is 1. The second-order valence-electron chi connectivity index (χ2n) is 5.45. The standard InChI is InChI=1S/C14H22N4O2/c1-4-5-12-14(20)18(10(2)6-13(19)16-12)9-11-7-15-17(3)8-11/h7-8,10,12H,4-6,9H2,1-3H3,(H,16,19). The van der Waals surface area contributed by atoms with Crippen LogP contribution in [0.3, 0.4) is 0 Å². The van der Waals surface area contributed by atoms with Crippen LogP contribution >= 0.6 is 0 Å². The highest BCUT2D eigenvalue weighted by Crippen LogP contribution is 2.17. The summed E-state index contributed by atoms with van der Waals surface area (Å²) in [6.07, 6.45) is 5.56. The SMILES string of the molecule is CCCC1NC(=O)CC(C)N(Cc2cnn(C)c2)C1=O. The topological polar surface area (TPSA) is 67.2 Å². The van der Waals surface area contributed by atoms with Crippen LogP contribution in [0.1, 0.15) is 38.7 Å². The Morgan fingerprint density at radius 3 is 2.80 bits per heavy atom. The maximum absolute atomic E-state index is 12.6. The molecule has 20 heavy (non-hydrogen) atoms. The van der Waals surface area contributed by atoms with Crippen LogP contribution in [0.4, 0.5) is 0 Å². The molecule has 1 fully saturated rings. The fraction of sp³-hybridized carbons (Fsp3) is 0.643. The third-order valence-electron chi connectivity index (χ3n) is 3.62. The van der Waals surface area contributed by atoms with E-state index in [0.29, 0.717) is 19.4 Å². The van der Waals surface area contributed by atoms with Crippen molar-refractivity contribution in [3.8, 4) is 0 Å². The number of carbonyl (C=O) groups is 2. The predicted octanol–water partition coefficient (Wildman–Crippen LogP) is 0.826. The van der Waals surface area contributed by atoms with E-state index >= 15 is 0 Å². The fourth-order valence-electron chi connectivity index (χ4n) is 2.58. The predicted molar refractivity (Wildman–Crippen MR) is 74.7 cm³/mol. The van der Waals surface area contributed by atoms with Crippen LogP contribution in [0.2, 0.25) is 0 Å². The van der Waals surface area contributed by atoms with Crippen LogP contribution in [-0.4, -0.2) is 38.6 Å². The molecule has 1 aromatic rings. The number of carbonyl (C=O) groups excluding carboxylic acids is 2. The number of nitrogens with one attached hydrogen (secondary N) is 1. The van der Waals surface area contributed by atoms with Gasteiger partial charge < -0.3 is 10.2 Å². The van der Waals surface area contributed by atoms with Gasteiger partial charge in [0.05, 0.1) is 6.20 Å². The van der Waals surface area contributed by atoms with Crippen LogP contribution < -0.4 is 5.32 Å². The van der Waals surface area contributed by atoms with Crippen molar-refractivity contribution in [2.75, 3.05) is 0 Å². The summed E-state index contributed by atoms with van der Waals surface area (Å²) in [5, 5.41) is 6.95. The molecule has 0 radical (unpaired) electrons. The highest BCUT2D eigenvalue weighted by molar-refractivity contribution is 5.90. The minimum absolute atomic E-state index is 0.00838. The summed E-state index contributed by atoms with van der Waals surface area (Å²) in [6.45, 7) is 4.43. The van der Waals surface area contributed by atoms with Gasteiger partial charge in [0.15, 0.2) is 0 Å². The summed E-state index contributed by atoms with van der Waals surface area (Å²) in [5.41, 5.74) is 0.984. The van der Waals surface area contributed by atoms with E-state index in [1.54, 1.807) is 15.8 Å². The van der Waals surface area contributed by atoms with Gasteiger partial charge in [-0.25, -0.2) is 0 Å². The van der Waals surface area contributed by atoms with Crippen LogP contribution in [0.15, 0.2) is 12.4 Å². The smallest absolute Gasteiger partial charge is 0.245 e. The number of hydrogen-bond acceptors (Lipinski definition) is 3. The molecule has 0 spiro atoms. The number of aromatic nitrogens is 2. The van der Waals surface area contributed by atoms with Crippen molar-refractivity contribution in [2.45, 2.75) is 51.7 Å². The Morgan fingerprint density at radius 1 is 1.45 bits per heavy atom. The van der Waals surface area contributed by atoms with E-state index in [4.69, 9.17) is 0 Å². The van der Waals surface area contributed by atoms with E-state index in [1.807, 2.05) is 27.1 Å². The molecule has 2 heterocycles. The van der Waals surface area contributed by atoms with E-state index in [0.717, 1.165) is 12.0 Å². The van der Waals surface area contributed by atoms with Crippen LogP contribution in [0.25, 0.3) is 0 Å². The van der Waals surface area contributed by atoms with E-state index in [9.17, 15) is 9.59 Å². The molecule has 0 aromatic carbocycles. The van der Waals surface area contributed by atoms with Crippen LogP contribution in [0.5, 0.6) is 0 Å². The van der Waals surface area contributed by atoms with Crippen LogP contribution in [-0.2, 0) is 23.2 Å². The molecule has 0 saturated carbocycles. The molecule has 1 N–H and O–H groups in total. The molecule has 1 saturated heterocycles. The van der Waals surface area contributed by atoms with Crippen molar-refractivity contribution in [3.63, 3.8) is 0 Å². The largest absolute Gasteiger partial charge is 0.344 e. The van der Waals surface area contributed by atoms with Gasteiger partial charge in [0.2, 0.25) is 11.8 Å². The van der Waals surface area contributed by atoms with Gasteiger partial charge in [0, 0.05) is 37.8 Å². The second-order valence-corrected chi connectivity index (χ2v) is 5.45. The summed E-state index contributed by atoms with van der Waals surface area (Å²) >= 11 is 0. The lowest BCUT2D eigenvalue weighted by atomic mass is 10.1. The number of hydrogen-bond donors (Lipinski definition) is 1. The van der Waals surface area contributed by atoms with E-state index in [2.05, 4.69) is 10.4 Å². The average molecular weight is 278 g/mol. The lowest BCUT2D eigenvalue weighted by Crippen LogP contribution is -2.45. The van der Waals surface area contributed by atoms with Gasteiger partial charge in [-0.3, -0.25) is 14.3 Å². The Morgan fingerprint density at radius 2 is 2.20 bits per heavy atom. The zero-order chi connectivity index (χ0) is 14.7. The van der Waals surface area contributed by atoms with E-state index in [-0.39, 0.29) is 17.9 Å². The van der Waals surface area contributed by atoms with Crippen LogP contribution in [0, 0.1) is 0 Å². The van der Waals surface area contributed by atoms with E-state index in [1.165, 1.54) is 0 Å². The highest BCUT2D eigenvalue weighted by Gasteiger charge is 2.33. The molecule has 1 aliphatic heterocycles. The first-order valence-electron chi connectivity index (χ1n) is 7.08. The maximum atomic E-state index is 12.6. The molecule has 1 aliphatic rings. The first-order valence-corrected chi connectivity index (χ1v) is 7.08. The van der Waals surface area contributed by atoms with Gasteiger partial charge in [-0.2, -0.15) is 5.10 Å². The van der Waals surface area contributed by atoms with Crippen molar-refractivity contribution in [1.82, 2.24) is 20.0 Å². The average Bonchev–Trinajstić information content (AvgIpc) is 2.76. The Balaban J connectivity index is 2.18. The summed E-state index contributed by atoms with van der Waals surface area (Å²) in [5.74, 6) is -0.0351. The third-order valence-corrected chi connectivity index (χ3v) is 3.62. The monoisotopic (exact) mass is 278 g/mol. The summed E-state index contributed by atoms with van der Waals surface area (Å²) in [6, 6.07) is -0.487. The molecule has 0 aliphatic carbocycles. The Bertz CT molecular complexity index is 497. The van der Waals surface area contributed by atoms with Crippen molar-refractivity contribution in [1.29, 1.82) is 0 Å². The molecule has 110 valence electrons. The molecule has 6 nitrogen and oxygen atoms in total. The fourth-order valence-corrected chi connectivity index (χ4v) is 2.58. The molecular formula is C14H22N4O2. The molecule has 2 rings (SSSR count). The molecule has 1 aromatic heterocycles. The number of amides is 2. The van der Waals surface area contributed by atoms with Gasteiger partial charge in [0.25, 0.3) is 0 Å². The number of nitrogens with zero attached hydrogens (tertiary/aromatic N) is 3. The quantitative estimate of drug-likeness (QED) is 0.887. The first kappa shape index (κ1) is 14.6. The number of rotatable bonds is 4. The lowest BCUT2D eigenvalue weighted by molar-refractivity contribution is -0.135. The molecular weight excluding hydrogens is 256 g/mol. The highest BCUT2D eigenvalue weighted by atomic mass is 16.2. The van der Waals surface area contributed by atoms with Gasteiger partial charge in [-0.05, 0) is 13.3 Å². The molecule has 2 unspecified atom stereocenters. The van der Waals surface area contributed by atoms with Gasteiger partial charge in [-0.1, -0.05) is 13.3 Å². The van der Waals surface area contributed by atoms with E-state index < -0.39 is 6.04 Å². The third kappa shape index (κ3) is 3.18. The van der Waals surface area contributed by atoms with Gasteiger partial charge in [-0.15, -0.1) is 0 Å². The Hall–Kier alpha value is -1.85. The normalized spacial score (nSPS) is 23.6. The first-order chi connectivity index (χ1) is 9.51. The summed E-state index contributed by atoms with van der Waals surface area (Å²) in [7, 11) is 1.85. The summed E-state index contributed by atoms with van der Waals surface area (Å²) < 4.78 is 1.72. The minimum atomic E-state index is -0.394. The molecule has 2 atom stereocenters. The minimum Gasteiger partial charge on any atom is -0.344 e. The lowest BCUT2D eigenvalue weighted by Gasteiger charge is -2.28. The molecule has 2 amide bonds. The van der Waals surface area contributed by atoms with Crippen molar-refractivity contribution >= 4 is 11.8 Å². The Kier molecular flexibility index (Phi) is 4.42. The molecule has 6 heteroatoms. The van der Waals surface area contributed by atoms with Gasteiger partial charge in [0.1, 0.15) is 6.04 Å². The zero-order valence-electron chi connectivity index (χ0n) is 12.3. The van der Waals surface area contributed by atoms with Gasteiger partial charge >= 0.3 is 0 Å². The van der Waals surface area contributed by atoms with Crippen molar-refractivity contribution in [2.24, 2.45) is 7.05 Å². The molecule has 0 bridgehead atoms.